The average molecular weight is 600 g/mol. The summed E-state index contributed by atoms with van der Waals surface area (Å²) in [5.74, 6) is 0. The predicted molar refractivity (Wildman–Crippen MR) is 193 cm³/mol. The van der Waals surface area contributed by atoms with Gasteiger partial charge in [-0.3, -0.25) is 0 Å². The summed E-state index contributed by atoms with van der Waals surface area (Å²) in [7, 11) is 0. The first-order valence-electron chi connectivity index (χ1n) is 15.7. The van der Waals surface area contributed by atoms with Crippen molar-refractivity contribution >= 4 is 70.5 Å². The molecule has 2 aromatic heterocycles. The van der Waals surface area contributed by atoms with Crippen LogP contribution in [0.2, 0.25) is 0 Å². The minimum Gasteiger partial charge on any atom is -0.456 e. The highest BCUT2D eigenvalue weighted by Gasteiger charge is 2.45. The molecule has 9 rings (SSSR count). The fourth-order valence-electron chi connectivity index (χ4n) is 7.50. The van der Waals surface area contributed by atoms with Crippen LogP contribution in [-0.4, -0.2) is 0 Å². The number of hydrogen-bond donors (Lipinski definition) is 0. The van der Waals surface area contributed by atoms with E-state index in [4.69, 9.17) is 4.42 Å². The zero-order valence-corrected chi connectivity index (χ0v) is 26.7. The summed E-state index contributed by atoms with van der Waals surface area (Å²) >= 11 is 1.90. The summed E-state index contributed by atoms with van der Waals surface area (Å²) < 4.78 is 8.97. The van der Waals surface area contributed by atoms with Crippen LogP contribution in [0.5, 0.6) is 0 Å². The van der Waals surface area contributed by atoms with Crippen LogP contribution in [-0.2, 0) is 10.8 Å². The van der Waals surface area contributed by atoms with E-state index in [1.165, 1.54) is 42.4 Å². The Morgan fingerprint density at radius 2 is 1.13 bits per heavy atom. The van der Waals surface area contributed by atoms with Gasteiger partial charge in [0.15, 0.2) is 0 Å². The molecule has 0 saturated carbocycles. The molecule has 8 aromatic rings. The van der Waals surface area contributed by atoms with Crippen molar-refractivity contribution in [1.82, 2.24) is 0 Å². The van der Waals surface area contributed by atoms with Crippen LogP contribution < -0.4 is 4.90 Å². The number of fused-ring (bicyclic) bond motifs is 9. The molecule has 1 aliphatic rings. The maximum atomic E-state index is 6.32. The zero-order chi connectivity index (χ0) is 30.5. The SMILES string of the molecule is CC1(C)c2ccccc2-c2cc3c(cc2C1(C)C)sc1ccc(N(c2ccccc2)c2ccc4c(c2)oc2ccccc24)cc13. The van der Waals surface area contributed by atoms with E-state index in [1.54, 1.807) is 0 Å². The molecule has 1 aliphatic carbocycles. The summed E-state index contributed by atoms with van der Waals surface area (Å²) in [5.41, 5.74) is 10.7. The van der Waals surface area contributed by atoms with E-state index < -0.39 is 0 Å². The lowest BCUT2D eigenvalue weighted by Crippen LogP contribution is -2.43. The van der Waals surface area contributed by atoms with Crippen molar-refractivity contribution < 1.29 is 4.42 Å². The molecule has 0 N–H and O–H groups in total. The number of furan rings is 1. The molecule has 0 saturated heterocycles. The van der Waals surface area contributed by atoms with Crippen molar-refractivity contribution in [3.05, 3.63) is 139 Å². The first-order chi connectivity index (χ1) is 21.8. The number of nitrogens with zero attached hydrogens (tertiary/aromatic N) is 1. The third-order valence-corrected chi connectivity index (χ3v) is 11.7. The second-order valence-corrected chi connectivity index (χ2v) is 14.5. The van der Waals surface area contributed by atoms with Crippen molar-refractivity contribution in [3.8, 4) is 11.1 Å². The van der Waals surface area contributed by atoms with Crippen molar-refractivity contribution in [2.75, 3.05) is 4.90 Å². The number of para-hydroxylation sites is 2. The highest BCUT2D eigenvalue weighted by Crippen LogP contribution is 2.55. The van der Waals surface area contributed by atoms with Crippen LogP contribution >= 0.6 is 11.3 Å². The van der Waals surface area contributed by atoms with E-state index in [2.05, 4.69) is 148 Å². The molecular formula is C42H33NOS. The Morgan fingerprint density at radius 3 is 2.00 bits per heavy atom. The molecule has 2 nitrogen and oxygen atoms in total. The Kier molecular flexibility index (Phi) is 5.50. The molecule has 6 aromatic carbocycles. The minimum absolute atomic E-state index is 0.00831. The smallest absolute Gasteiger partial charge is 0.137 e. The molecule has 0 atom stereocenters. The number of rotatable bonds is 3. The fraction of sp³-hybridized carbons (Fsp3) is 0.143. The molecule has 0 radical (unpaired) electrons. The van der Waals surface area contributed by atoms with Gasteiger partial charge in [-0.15, -0.1) is 11.3 Å². The van der Waals surface area contributed by atoms with Crippen LogP contribution in [0.4, 0.5) is 17.1 Å². The summed E-state index contributed by atoms with van der Waals surface area (Å²) in [5, 5.41) is 4.90. The lowest BCUT2D eigenvalue weighted by atomic mass is 9.55. The number of thiophene rings is 1. The highest BCUT2D eigenvalue weighted by molar-refractivity contribution is 7.25. The van der Waals surface area contributed by atoms with Gasteiger partial charge in [-0.2, -0.15) is 0 Å². The lowest BCUT2D eigenvalue weighted by molar-refractivity contribution is 0.299. The van der Waals surface area contributed by atoms with Crippen molar-refractivity contribution in [2.45, 2.75) is 38.5 Å². The van der Waals surface area contributed by atoms with Crippen molar-refractivity contribution in [2.24, 2.45) is 0 Å². The van der Waals surface area contributed by atoms with Crippen molar-refractivity contribution in [1.29, 1.82) is 0 Å². The lowest BCUT2D eigenvalue weighted by Gasteiger charge is -2.48. The molecule has 0 amide bonds. The van der Waals surface area contributed by atoms with Crippen molar-refractivity contribution in [3.63, 3.8) is 0 Å². The summed E-state index contributed by atoms with van der Waals surface area (Å²) in [4.78, 5) is 2.34. The summed E-state index contributed by atoms with van der Waals surface area (Å²) in [6.45, 7) is 9.62. The van der Waals surface area contributed by atoms with Gasteiger partial charge in [-0.1, -0.05) is 88.4 Å². The molecule has 2 heterocycles. The van der Waals surface area contributed by atoms with E-state index in [0.29, 0.717) is 0 Å². The first kappa shape index (κ1) is 26.5. The maximum absolute atomic E-state index is 6.32. The van der Waals surface area contributed by atoms with Crippen LogP contribution in [0.3, 0.4) is 0 Å². The molecule has 3 heteroatoms. The molecule has 0 unspecified atom stereocenters. The summed E-state index contributed by atoms with van der Waals surface area (Å²) in [6, 6.07) is 46.4. The first-order valence-corrected chi connectivity index (χ1v) is 16.5. The van der Waals surface area contributed by atoms with E-state index >= 15 is 0 Å². The normalized spacial score (nSPS) is 15.0. The molecule has 0 spiro atoms. The Labute approximate surface area is 267 Å². The Hall–Kier alpha value is -4.86. The van der Waals surface area contributed by atoms with Gasteiger partial charge >= 0.3 is 0 Å². The van der Waals surface area contributed by atoms with Gasteiger partial charge in [-0.05, 0) is 93.7 Å². The monoisotopic (exact) mass is 599 g/mol. The maximum Gasteiger partial charge on any atom is 0.137 e. The molecular weight excluding hydrogens is 567 g/mol. The second kappa shape index (κ2) is 9.32. The molecule has 0 fully saturated rings. The predicted octanol–water partition coefficient (Wildman–Crippen LogP) is 12.7. The Balaban J connectivity index is 1.26. The van der Waals surface area contributed by atoms with Gasteiger partial charge in [0.1, 0.15) is 11.2 Å². The van der Waals surface area contributed by atoms with Crippen LogP contribution in [0, 0.1) is 0 Å². The molecule has 45 heavy (non-hydrogen) atoms. The number of benzene rings is 6. The number of hydrogen-bond acceptors (Lipinski definition) is 3. The van der Waals surface area contributed by atoms with E-state index in [0.717, 1.165) is 39.0 Å². The Bertz CT molecular complexity index is 2440. The largest absolute Gasteiger partial charge is 0.456 e. The van der Waals surface area contributed by atoms with Gasteiger partial charge in [0.05, 0.1) is 0 Å². The zero-order valence-electron chi connectivity index (χ0n) is 25.9. The minimum atomic E-state index is -0.00831. The van der Waals surface area contributed by atoms with E-state index in [1.807, 2.05) is 23.5 Å². The second-order valence-electron chi connectivity index (χ2n) is 13.4. The van der Waals surface area contributed by atoms with Gasteiger partial charge < -0.3 is 9.32 Å². The van der Waals surface area contributed by atoms with E-state index in [9.17, 15) is 0 Å². The van der Waals surface area contributed by atoms with Gasteiger partial charge in [-0.25, -0.2) is 0 Å². The molecule has 0 aliphatic heterocycles. The standard InChI is InChI=1S/C42H33NOS/c1-41(2)35-16-10-8-14-29(35)32-24-34-33-22-27(19-21-39(33)45-40(34)25-36(32)42(41,3)4)43(26-12-6-5-7-13-26)28-18-20-31-30-15-9-11-17-37(30)44-38(31)23-28/h5-25H,1-4H3. The van der Waals surface area contributed by atoms with Gasteiger partial charge in [0.2, 0.25) is 0 Å². The third kappa shape index (κ3) is 3.74. The Morgan fingerprint density at radius 1 is 0.467 bits per heavy atom. The van der Waals surface area contributed by atoms with Crippen LogP contribution in [0.1, 0.15) is 38.8 Å². The van der Waals surface area contributed by atoms with Gasteiger partial charge in [0, 0.05) is 54.1 Å². The fourth-order valence-corrected chi connectivity index (χ4v) is 8.61. The van der Waals surface area contributed by atoms with Crippen LogP contribution in [0.15, 0.2) is 132 Å². The number of anilines is 3. The quantitative estimate of drug-likeness (QED) is 0.201. The summed E-state index contributed by atoms with van der Waals surface area (Å²) in [6.07, 6.45) is 0. The molecule has 218 valence electrons. The third-order valence-electron chi connectivity index (χ3n) is 10.6. The van der Waals surface area contributed by atoms with Gasteiger partial charge in [0.25, 0.3) is 0 Å². The van der Waals surface area contributed by atoms with Crippen LogP contribution in [0.25, 0.3) is 53.2 Å². The highest BCUT2D eigenvalue weighted by atomic mass is 32.1. The average Bonchev–Trinajstić information content (AvgIpc) is 3.61. The van der Waals surface area contributed by atoms with E-state index in [-0.39, 0.29) is 10.8 Å². The topological polar surface area (TPSA) is 16.4 Å². The molecule has 0 bridgehead atoms.